The summed E-state index contributed by atoms with van der Waals surface area (Å²) < 4.78 is 42.9. The number of hydrogen-bond acceptors (Lipinski definition) is 6. The van der Waals surface area contributed by atoms with Crippen molar-refractivity contribution in [3.05, 3.63) is 64.5 Å². The molecule has 0 aliphatic rings. The number of anilines is 1. The van der Waals surface area contributed by atoms with Gasteiger partial charge in [0.1, 0.15) is 32.9 Å². The molecule has 0 saturated carbocycles. The first kappa shape index (κ1) is 23.3. The number of aromatic nitrogens is 1. The highest BCUT2D eigenvalue weighted by Gasteiger charge is 2.14. The Morgan fingerprint density at radius 2 is 2.00 bits per heavy atom. The summed E-state index contributed by atoms with van der Waals surface area (Å²) >= 11 is 0. The van der Waals surface area contributed by atoms with E-state index < -0.39 is 10.1 Å². The molecule has 0 aliphatic carbocycles. The van der Waals surface area contributed by atoms with Gasteiger partial charge < -0.3 is 13.9 Å². The molecule has 0 N–H and O–H groups in total. The summed E-state index contributed by atoms with van der Waals surface area (Å²) in [5, 5.41) is 4.38. The van der Waals surface area contributed by atoms with Crippen molar-refractivity contribution in [2.75, 3.05) is 24.5 Å². The summed E-state index contributed by atoms with van der Waals surface area (Å²) in [4.78, 5) is 4.58. The SMILES string of the molecule is CCN(CC)c1ccc2cc(/C=C/c3cc[n+](CCCN=[N+]=[N-])cc3S(=O)(=O)[O-])oc2c1. The molecule has 10 heteroatoms. The van der Waals surface area contributed by atoms with Crippen molar-refractivity contribution >= 4 is 38.9 Å². The number of azide groups is 1. The summed E-state index contributed by atoms with van der Waals surface area (Å²) in [7, 11) is -4.68. The highest BCUT2D eigenvalue weighted by molar-refractivity contribution is 7.85. The molecule has 3 rings (SSSR count). The third-order valence-electron chi connectivity index (χ3n) is 5.10. The lowest BCUT2D eigenvalue weighted by atomic mass is 10.2. The Morgan fingerprint density at radius 3 is 2.69 bits per heavy atom. The monoisotopic (exact) mass is 455 g/mol. The van der Waals surface area contributed by atoms with E-state index in [1.54, 1.807) is 29.0 Å². The van der Waals surface area contributed by atoms with Crippen LogP contribution in [-0.4, -0.2) is 32.6 Å². The summed E-state index contributed by atoms with van der Waals surface area (Å²) in [6.07, 6.45) is 6.70. The number of rotatable bonds is 10. The van der Waals surface area contributed by atoms with E-state index in [0.717, 1.165) is 29.7 Å². The van der Waals surface area contributed by atoms with Gasteiger partial charge in [-0.25, -0.2) is 13.0 Å². The number of benzene rings is 1. The minimum Gasteiger partial charge on any atom is -0.744 e. The zero-order valence-corrected chi connectivity index (χ0v) is 18.8. The molecule has 32 heavy (non-hydrogen) atoms. The fourth-order valence-corrected chi connectivity index (χ4v) is 4.15. The number of fused-ring (bicyclic) bond motifs is 1. The first-order valence-corrected chi connectivity index (χ1v) is 11.7. The first-order valence-electron chi connectivity index (χ1n) is 10.3. The average Bonchev–Trinajstić information content (AvgIpc) is 3.18. The van der Waals surface area contributed by atoms with E-state index >= 15 is 0 Å². The number of aryl methyl sites for hydroxylation is 1. The molecule has 0 radical (unpaired) electrons. The maximum atomic E-state index is 11.8. The number of hydrogen-bond donors (Lipinski definition) is 0. The molecule has 2 aromatic heterocycles. The van der Waals surface area contributed by atoms with Gasteiger partial charge in [0.05, 0.1) is 0 Å². The summed E-state index contributed by atoms with van der Waals surface area (Å²) in [6, 6.07) is 9.44. The third-order valence-corrected chi connectivity index (χ3v) is 5.98. The van der Waals surface area contributed by atoms with E-state index in [0.29, 0.717) is 18.7 Å². The van der Waals surface area contributed by atoms with Crippen molar-refractivity contribution in [3.8, 4) is 0 Å². The van der Waals surface area contributed by atoms with Gasteiger partial charge in [-0.05, 0) is 49.7 Å². The van der Waals surface area contributed by atoms with Crippen molar-refractivity contribution in [3.63, 3.8) is 0 Å². The van der Waals surface area contributed by atoms with Gasteiger partial charge in [0.2, 0.25) is 0 Å². The lowest BCUT2D eigenvalue weighted by molar-refractivity contribution is -0.698. The lowest BCUT2D eigenvalue weighted by Gasteiger charge is -2.20. The van der Waals surface area contributed by atoms with Gasteiger partial charge in [-0.1, -0.05) is 5.11 Å². The van der Waals surface area contributed by atoms with Crippen molar-refractivity contribution in [1.29, 1.82) is 0 Å². The van der Waals surface area contributed by atoms with Gasteiger partial charge in [-0.3, -0.25) is 0 Å². The molecule has 0 atom stereocenters. The third kappa shape index (κ3) is 5.67. The Labute approximate surface area is 187 Å². The smallest absolute Gasteiger partial charge is 0.187 e. The summed E-state index contributed by atoms with van der Waals surface area (Å²) in [5.74, 6) is 0.553. The minimum atomic E-state index is -4.68. The molecule has 0 fully saturated rings. The van der Waals surface area contributed by atoms with Crippen molar-refractivity contribution in [2.45, 2.75) is 31.7 Å². The molecular weight excluding hydrogens is 430 g/mol. The van der Waals surface area contributed by atoms with Crippen LogP contribution in [0.5, 0.6) is 0 Å². The zero-order chi connectivity index (χ0) is 23.1. The van der Waals surface area contributed by atoms with E-state index in [9.17, 15) is 13.0 Å². The molecule has 2 heterocycles. The molecular formula is C22H25N5O4S. The van der Waals surface area contributed by atoms with Crippen LogP contribution in [0.2, 0.25) is 0 Å². The van der Waals surface area contributed by atoms with Gasteiger partial charge in [-0.15, -0.1) is 0 Å². The number of furan rings is 1. The molecule has 0 bridgehead atoms. The van der Waals surface area contributed by atoms with Crippen LogP contribution in [-0.2, 0) is 16.7 Å². The van der Waals surface area contributed by atoms with Gasteiger partial charge in [0.15, 0.2) is 12.4 Å². The predicted molar refractivity (Wildman–Crippen MR) is 122 cm³/mol. The van der Waals surface area contributed by atoms with Gasteiger partial charge in [0, 0.05) is 59.7 Å². The van der Waals surface area contributed by atoms with Gasteiger partial charge in [-0.2, -0.15) is 0 Å². The van der Waals surface area contributed by atoms with Crippen LogP contribution in [0.25, 0.3) is 33.6 Å². The van der Waals surface area contributed by atoms with E-state index in [2.05, 4.69) is 28.8 Å². The van der Waals surface area contributed by atoms with Crippen LogP contribution in [0.4, 0.5) is 5.69 Å². The van der Waals surface area contributed by atoms with Crippen molar-refractivity contribution in [1.82, 2.24) is 0 Å². The van der Waals surface area contributed by atoms with E-state index in [1.165, 1.54) is 6.20 Å². The molecule has 9 nitrogen and oxygen atoms in total. The van der Waals surface area contributed by atoms with Crippen LogP contribution in [0.15, 0.2) is 57.2 Å². The first-order chi connectivity index (χ1) is 15.4. The number of nitrogens with zero attached hydrogens (tertiary/aromatic N) is 5. The fraction of sp³-hybridized carbons (Fsp3) is 0.318. The van der Waals surface area contributed by atoms with E-state index in [-0.39, 0.29) is 17.0 Å². The maximum Gasteiger partial charge on any atom is 0.187 e. The minimum absolute atomic E-state index is 0.274. The summed E-state index contributed by atoms with van der Waals surface area (Å²) in [5.41, 5.74) is 10.4. The zero-order valence-electron chi connectivity index (χ0n) is 18.0. The molecule has 0 amide bonds. The maximum absolute atomic E-state index is 11.8. The Bertz CT molecular complexity index is 1270. The Kier molecular flexibility index (Phi) is 7.53. The second-order valence-electron chi connectivity index (χ2n) is 7.14. The van der Waals surface area contributed by atoms with Crippen LogP contribution < -0.4 is 9.47 Å². The van der Waals surface area contributed by atoms with Crippen molar-refractivity contribution < 1.29 is 22.0 Å². The molecule has 3 aromatic rings. The molecule has 0 saturated heterocycles. The lowest BCUT2D eigenvalue weighted by Crippen LogP contribution is -2.34. The predicted octanol–water partition coefficient (Wildman–Crippen LogP) is 4.34. The summed E-state index contributed by atoms with van der Waals surface area (Å²) in [6.45, 7) is 6.67. The normalized spacial score (nSPS) is 11.7. The highest BCUT2D eigenvalue weighted by atomic mass is 32.2. The number of pyridine rings is 1. The van der Waals surface area contributed by atoms with Gasteiger partial charge >= 0.3 is 0 Å². The van der Waals surface area contributed by atoms with Crippen LogP contribution in [0.1, 0.15) is 31.6 Å². The molecule has 0 aliphatic heterocycles. The molecule has 168 valence electrons. The average molecular weight is 456 g/mol. The fourth-order valence-electron chi connectivity index (χ4n) is 3.46. The molecule has 1 aromatic carbocycles. The quantitative estimate of drug-likeness (QED) is 0.112. The standard InChI is InChI=1S/C22H25N5O4S/c1-3-27(4-2)19-8-6-18-14-20(31-21(18)15-19)9-7-17-10-13-26(12-5-11-24-25-23)16-22(17)32(28,29)30/h6-10,13-16H,3-5,11-12H2,1-2H3. The van der Waals surface area contributed by atoms with Crippen LogP contribution in [0, 0.1) is 0 Å². The Morgan fingerprint density at radius 1 is 1.22 bits per heavy atom. The van der Waals surface area contributed by atoms with E-state index in [1.807, 2.05) is 24.3 Å². The highest BCUT2D eigenvalue weighted by Crippen LogP contribution is 2.26. The second kappa shape index (κ2) is 10.3. The largest absolute Gasteiger partial charge is 0.744 e. The topological polar surface area (TPSA) is 126 Å². The molecule has 0 unspecified atom stereocenters. The second-order valence-corrected chi connectivity index (χ2v) is 8.49. The molecule has 0 spiro atoms. The van der Waals surface area contributed by atoms with Gasteiger partial charge in [0.25, 0.3) is 0 Å². The van der Waals surface area contributed by atoms with Crippen LogP contribution in [0.3, 0.4) is 0 Å². The van der Waals surface area contributed by atoms with Crippen molar-refractivity contribution in [2.24, 2.45) is 5.11 Å². The van der Waals surface area contributed by atoms with E-state index in [4.69, 9.17) is 9.95 Å². The van der Waals surface area contributed by atoms with Crippen LogP contribution >= 0.6 is 0 Å². The Hall–Kier alpha value is -3.33. The Balaban J connectivity index is 1.87.